The standard InChI is InChI=1S/C23H20F3N7O2/c1-12-11-29-31-32(12)17-4-3-5-18(9-17)33-20(34)10-19(21(30-33)22(28)35)13(2)14-6-15(23(24,25)26)8-16(27)7-14/h3-11,13H,27H2,1-2H3,(H2,28,35)/t13-/m1/s1. The average molecular weight is 483 g/mol. The van der Waals surface area contributed by atoms with E-state index in [0.29, 0.717) is 11.4 Å². The summed E-state index contributed by atoms with van der Waals surface area (Å²) in [7, 11) is 0. The molecular weight excluding hydrogens is 463 g/mol. The summed E-state index contributed by atoms with van der Waals surface area (Å²) in [6.45, 7) is 3.34. The first kappa shape index (κ1) is 23.7. The quantitative estimate of drug-likeness (QED) is 0.419. The molecule has 4 N–H and O–H groups in total. The van der Waals surface area contributed by atoms with Crippen molar-refractivity contribution in [2.24, 2.45) is 5.73 Å². The lowest BCUT2D eigenvalue weighted by molar-refractivity contribution is -0.137. The van der Waals surface area contributed by atoms with Crippen LogP contribution in [0.5, 0.6) is 0 Å². The highest BCUT2D eigenvalue weighted by Gasteiger charge is 2.32. The Morgan fingerprint density at radius 3 is 2.34 bits per heavy atom. The van der Waals surface area contributed by atoms with Gasteiger partial charge in [0.2, 0.25) is 0 Å². The lowest BCUT2D eigenvalue weighted by atomic mass is 9.90. The smallest absolute Gasteiger partial charge is 0.399 e. The molecule has 4 rings (SSSR count). The molecule has 2 aromatic carbocycles. The van der Waals surface area contributed by atoms with Gasteiger partial charge >= 0.3 is 6.18 Å². The molecule has 0 unspecified atom stereocenters. The molecule has 1 atom stereocenters. The van der Waals surface area contributed by atoms with Crippen molar-refractivity contribution in [3.8, 4) is 11.4 Å². The Morgan fingerprint density at radius 2 is 1.74 bits per heavy atom. The van der Waals surface area contributed by atoms with Crippen molar-refractivity contribution < 1.29 is 18.0 Å². The average Bonchev–Trinajstić information content (AvgIpc) is 3.23. The van der Waals surface area contributed by atoms with E-state index < -0.39 is 29.1 Å². The van der Waals surface area contributed by atoms with Crippen molar-refractivity contribution >= 4 is 11.6 Å². The first-order chi connectivity index (χ1) is 16.5. The summed E-state index contributed by atoms with van der Waals surface area (Å²) in [5, 5.41) is 12.0. The Balaban J connectivity index is 1.83. The van der Waals surface area contributed by atoms with E-state index >= 15 is 0 Å². The van der Waals surface area contributed by atoms with E-state index in [2.05, 4.69) is 15.4 Å². The number of aryl methyl sites for hydroxylation is 1. The number of nitrogen functional groups attached to an aromatic ring is 1. The summed E-state index contributed by atoms with van der Waals surface area (Å²) >= 11 is 0. The Labute approximate surface area is 196 Å². The van der Waals surface area contributed by atoms with Crippen molar-refractivity contribution in [1.29, 1.82) is 0 Å². The van der Waals surface area contributed by atoms with Crippen molar-refractivity contribution in [3.05, 3.63) is 93.2 Å². The molecule has 2 heterocycles. The zero-order valence-corrected chi connectivity index (χ0v) is 18.6. The highest BCUT2D eigenvalue weighted by atomic mass is 19.4. The van der Waals surface area contributed by atoms with Gasteiger partial charge in [-0.2, -0.15) is 23.0 Å². The molecule has 12 heteroatoms. The zero-order chi connectivity index (χ0) is 25.5. The van der Waals surface area contributed by atoms with Crippen LogP contribution in [0.2, 0.25) is 0 Å². The van der Waals surface area contributed by atoms with Crippen LogP contribution in [0.25, 0.3) is 11.4 Å². The second-order valence-electron chi connectivity index (χ2n) is 7.98. The van der Waals surface area contributed by atoms with Gasteiger partial charge < -0.3 is 11.5 Å². The highest BCUT2D eigenvalue weighted by molar-refractivity contribution is 5.92. The summed E-state index contributed by atoms with van der Waals surface area (Å²) < 4.78 is 42.4. The Kier molecular flexibility index (Phi) is 5.89. The van der Waals surface area contributed by atoms with E-state index in [1.165, 1.54) is 13.0 Å². The van der Waals surface area contributed by atoms with Crippen LogP contribution in [-0.2, 0) is 6.18 Å². The van der Waals surface area contributed by atoms with Gasteiger partial charge in [0.25, 0.3) is 11.5 Å². The molecule has 1 amide bonds. The predicted molar refractivity (Wildman–Crippen MR) is 121 cm³/mol. The highest BCUT2D eigenvalue weighted by Crippen LogP contribution is 2.35. The monoisotopic (exact) mass is 483 g/mol. The molecule has 0 aliphatic rings. The van der Waals surface area contributed by atoms with Gasteiger partial charge in [-0.3, -0.25) is 9.59 Å². The molecule has 0 saturated heterocycles. The maximum absolute atomic E-state index is 13.3. The molecule has 4 aromatic rings. The molecule has 35 heavy (non-hydrogen) atoms. The van der Waals surface area contributed by atoms with Gasteiger partial charge in [0.1, 0.15) is 0 Å². The lowest BCUT2D eigenvalue weighted by Crippen LogP contribution is -2.28. The molecule has 0 saturated carbocycles. The van der Waals surface area contributed by atoms with Crippen LogP contribution < -0.4 is 17.0 Å². The third kappa shape index (κ3) is 4.63. The number of hydrogen-bond acceptors (Lipinski definition) is 6. The molecule has 0 aliphatic carbocycles. The van der Waals surface area contributed by atoms with Gasteiger partial charge in [-0.05, 0) is 54.4 Å². The van der Waals surface area contributed by atoms with Crippen molar-refractivity contribution in [2.45, 2.75) is 25.9 Å². The maximum Gasteiger partial charge on any atom is 0.416 e. The normalized spacial score (nSPS) is 12.5. The zero-order valence-electron chi connectivity index (χ0n) is 18.6. The second-order valence-corrected chi connectivity index (χ2v) is 7.98. The minimum Gasteiger partial charge on any atom is -0.399 e. The summed E-state index contributed by atoms with van der Waals surface area (Å²) in [5.41, 5.74) is 11.2. The summed E-state index contributed by atoms with van der Waals surface area (Å²) in [6, 6.07) is 10.9. The Hall–Kier alpha value is -4.48. The number of nitrogens with zero attached hydrogens (tertiary/aromatic N) is 5. The van der Waals surface area contributed by atoms with Crippen LogP contribution in [0, 0.1) is 6.92 Å². The van der Waals surface area contributed by atoms with Gasteiger partial charge in [-0.15, -0.1) is 5.10 Å². The summed E-state index contributed by atoms with van der Waals surface area (Å²) in [4.78, 5) is 25.3. The number of halogens is 3. The first-order valence-electron chi connectivity index (χ1n) is 10.4. The number of amides is 1. The van der Waals surface area contributed by atoms with Crippen LogP contribution in [0.4, 0.5) is 18.9 Å². The van der Waals surface area contributed by atoms with E-state index in [9.17, 15) is 22.8 Å². The van der Waals surface area contributed by atoms with Crippen LogP contribution >= 0.6 is 0 Å². The van der Waals surface area contributed by atoms with Gasteiger partial charge in [0, 0.05) is 17.7 Å². The largest absolute Gasteiger partial charge is 0.416 e. The number of carbonyl (C=O) groups is 1. The predicted octanol–water partition coefficient (Wildman–Crippen LogP) is 2.97. The Bertz CT molecular complexity index is 1490. The maximum atomic E-state index is 13.3. The number of benzene rings is 2. The van der Waals surface area contributed by atoms with Crippen molar-refractivity contribution in [1.82, 2.24) is 24.8 Å². The van der Waals surface area contributed by atoms with Crippen LogP contribution in [0.1, 0.15) is 45.7 Å². The van der Waals surface area contributed by atoms with Crippen LogP contribution in [-0.4, -0.2) is 30.7 Å². The fourth-order valence-electron chi connectivity index (χ4n) is 3.74. The molecule has 0 radical (unpaired) electrons. The fourth-order valence-corrected chi connectivity index (χ4v) is 3.74. The van der Waals surface area contributed by atoms with Crippen molar-refractivity contribution in [3.63, 3.8) is 0 Å². The van der Waals surface area contributed by atoms with Gasteiger partial charge in [-0.25, -0.2) is 4.68 Å². The number of primary amides is 1. The van der Waals surface area contributed by atoms with Crippen LogP contribution in [0.3, 0.4) is 0 Å². The van der Waals surface area contributed by atoms with E-state index in [1.54, 1.807) is 42.1 Å². The van der Waals surface area contributed by atoms with E-state index in [-0.39, 0.29) is 22.5 Å². The van der Waals surface area contributed by atoms with E-state index in [1.807, 2.05) is 0 Å². The van der Waals surface area contributed by atoms with Crippen LogP contribution in [0.15, 0.2) is 59.5 Å². The third-order valence-electron chi connectivity index (χ3n) is 5.50. The molecule has 2 aromatic heterocycles. The number of nitrogens with two attached hydrogens (primary N) is 2. The van der Waals surface area contributed by atoms with Gasteiger partial charge in [0.15, 0.2) is 5.69 Å². The number of carbonyl (C=O) groups excluding carboxylic acids is 1. The molecule has 0 spiro atoms. The molecular formula is C23H20F3N7O2. The van der Waals surface area contributed by atoms with E-state index in [0.717, 1.165) is 28.6 Å². The first-order valence-corrected chi connectivity index (χ1v) is 10.4. The second kappa shape index (κ2) is 8.70. The molecule has 9 nitrogen and oxygen atoms in total. The molecule has 180 valence electrons. The minimum absolute atomic E-state index is 0.0840. The fraction of sp³-hybridized carbons (Fsp3) is 0.174. The topological polar surface area (TPSA) is 135 Å². The lowest BCUT2D eigenvalue weighted by Gasteiger charge is -2.18. The number of rotatable bonds is 5. The molecule has 0 aliphatic heterocycles. The number of hydrogen-bond donors (Lipinski definition) is 2. The van der Waals surface area contributed by atoms with Gasteiger partial charge in [0.05, 0.1) is 28.8 Å². The Morgan fingerprint density at radius 1 is 1.06 bits per heavy atom. The number of alkyl halides is 3. The summed E-state index contributed by atoms with van der Waals surface area (Å²) in [6.07, 6.45) is -3.05. The minimum atomic E-state index is -4.62. The number of aromatic nitrogens is 5. The van der Waals surface area contributed by atoms with Crippen molar-refractivity contribution in [2.75, 3.05) is 5.73 Å². The van der Waals surface area contributed by atoms with E-state index in [4.69, 9.17) is 11.5 Å². The molecule has 0 fully saturated rings. The SMILES string of the molecule is Cc1cnnn1-c1cccc(-n2nc(C(N)=O)c([C@H](C)c3cc(N)cc(C(F)(F)F)c3)cc2=O)c1. The molecule has 0 bridgehead atoms. The summed E-state index contributed by atoms with van der Waals surface area (Å²) in [5.74, 6) is -1.77. The third-order valence-corrected chi connectivity index (χ3v) is 5.50. The number of anilines is 1. The van der Waals surface area contributed by atoms with Gasteiger partial charge in [-0.1, -0.05) is 18.2 Å².